The van der Waals surface area contributed by atoms with Gasteiger partial charge in [-0.25, -0.2) is 0 Å². The molecule has 2 aliphatic rings. The number of allylic oxidation sites excluding steroid dienone is 4. The Bertz CT molecular complexity index is 1100. The predicted molar refractivity (Wildman–Crippen MR) is 117 cm³/mol. The Labute approximate surface area is 199 Å². The second-order valence-electron chi connectivity index (χ2n) is 8.12. The Morgan fingerprint density at radius 1 is 0.767 bits per heavy atom. The summed E-state index contributed by atoms with van der Waals surface area (Å²) in [5, 5.41) is 0. The van der Waals surface area contributed by atoms with Crippen LogP contribution in [0.2, 0.25) is 3.12 Å². The molecule has 0 nitrogen and oxygen atoms in total. The number of halogens is 2. The molecule has 0 saturated heterocycles. The fourth-order valence-electron chi connectivity index (χ4n) is 4.82. The minimum Gasteiger partial charge on any atom is -1.00 e. The van der Waals surface area contributed by atoms with Gasteiger partial charge in [-0.05, 0) is 0 Å². The van der Waals surface area contributed by atoms with Gasteiger partial charge in [-0.15, -0.1) is 0 Å². The standard InChI is InChI=1S/C13H9.C7H9.C7H6.2ClH.Zr/c1-3-7-12-10(5-1)9-11-6-2-4-8-13(11)12;1-6-3-4-7(2)5-6;1-7-5-3-2-4-6-7;;;/h1-9H;3-5H,1-2H3;1-6H;2*1H;/q;;;;;+2/p-2. The molecular weight excluding hydrogens is 486 g/mol. The molecule has 0 N–H and O–H groups in total. The summed E-state index contributed by atoms with van der Waals surface area (Å²) >= 11 is -2.24. The van der Waals surface area contributed by atoms with Crippen LogP contribution in [0.15, 0.2) is 103 Å². The summed E-state index contributed by atoms with van der Waals surface area (Å²) < 4.78 is 3.43. The van der Waals surface area contributed by atoms with Gasteiger partial charge in [0.15, 0.2) is 0 Å². The Morgan fingerprint density at radius 2 is 1.30 bits per heavy atom. The van der Waals surface area contributed by atoms with E-state index in [1.54, 1.807) is 0 Å². The molecule has 0 aromatic heterocycles. The largest absolute Gasteiger partial charge is 1.00 e. The van der Waals surface area contributed by atoms with E-state index in [0.29, 0.717) is 3.63 Å². The van der Waals surface area contributed by atoms with E-state index in [0.717, 1.165) is 0 Å². The van der Waals surface area contributed by atoms with E-state index in [2.05, 4.69) is 115 Å². The molecule has 0 bridgehead atoms. The number of benzene rings is 3. The Kier molecular flexibility index (Phi) is 7.18. The number of hydrogen-bond donors (Lipinski definition) is 0. The van der Waals surface area contributed by atoms with Gasteiger partial charge < -0.3 is 24.8 Å². The summed E-state index contributed by atoms with van der Waals surface area (Å²) in [5.74, 6) is 0. The van der Waals surface area contributed by atoms with E-state index in [1.807, 2.05) is 0 Å². The molecule has 0 radical (unpaired) electrons. The van der Waals surface area contributed by atoms with Crippen LogP contribution >= 0.6 is 0 Å². The first kappa shape index (κ1) is 23.1. The molecule has 0 amide bonds. The molecule has 3 aromatic rings. The fourth-order valence-corrected chi connectivity index (χ4v) is 13.4. The van der Waals surface area contributed by atoms with E-state index in [1.165, 1.54) is 33.4 Å². The molecule has 0 aliphatic heterocycles. The minimum atomic E-state index is -2.24. The molecule has 30 heavy (non-hydrogen) atoms. The van der Waals surface area contributed by atoms with Crippen molar-refractivity contribution in [1.82, 2.24) is 0 Å². The summed E-state index contributed by atoms with van der Waals surface area (Å²) in [6.07, 6.45) is 7.34. The molecule has 0 saturated carbocycles. The van der Waals surface area contributed by atoms with E-state index in [-0.39, 0.29) is 27.9 Å². The predicted octanol–water partition coefficient (Wildman–Crippen LogP) is 0.928. The maximum Gasteiger partial charge on any atom is -1.00 e. The average Bonchev–Trinajstić information content (AvgIpc) is 3.25. The van der Waals surface area contributed by atoms with Crippen molar-refractivity contribution in [2.45, 2.75) is 20.6 Å². The molecule has 3 heteroatoms. The van der Waals surface area contributed by atoms with Crippen LogP contribution in [-0.4, -0.2) is 3.71 Å². The fraction of sp³-hybridized carbons (Fsp3) is 0.148. The third-order valence-corrected chi connectivity index (χ3v) is 14.6. The molecule has 0 fully saturated rings. The monoisotopic (exact) mass is 508 g/mol. The molecular formula is C27H24Cl2Zr. The maximum absolute atomic E-state index is 2.69. The van der Waals surface area contributed by atoms with Gasteiger partial charge in [-0.2, -0.15) is 0 Å². The topological polar surface area (TPSA) is 0 Å². The molecule has 0 spiro atoms. The molecule has 1 atom stereocenters. The SMILES string of the molecule is CC1=C[C](C)(/[Zr+2](=[CH]\c2ccccc2)[CH]2c3ccccc3-c3ccccc32)C=C1.[Cl-].[Cl-]. The maximum atomic E-state index is 2.69. The van der Waals surface area contributed by atoms with Gasteiger partial charge in [0.2, 0.25) is 0 Å². The van der Waals surface area contributed by atoms with Crippen molar-refractivity contribution in [2.75, 3.05) is 0 Å². The molecule has 1 unspecified atom stereocenters. The molecule has 3 aromatic carbocycles. The van der Waals surface area contributed by atoms with Crippen LogP contribution in [0.4, 0.5) is 0 Å². The second kappa shape index (κ2) is 9.31. The van der Waals surface area contributed by atoms with Crippen LogP contribution in [0.1, 0.15) is 34.2 Å². The van der Waals surface area contributed by atoms with Gasteiger partial charge in [0.25, 0.3) is 0 Å². The van der Waals surface area contributed by atoms with Crippen LogP contribution in [0, 0.1) is 0 Å². The van der Waals surface area contributed by atoms with Crippen LogP contribution in [-0.2, 0) is 21.3 Å². The van der Waals surface area contributed by atoms with Crippen molar-refractivity contribution < 1.29 is 46.1 Å². The van der Waals surface area contributed by atoms with Gasteiger partial charge in [0, 0.05) is 0 Å². The van der Waals surface area contributed by atoms with E-state index in [9.17, 15) is 0 Å². The van der Waals surface area contributed by atoms with Crippen molar-refractivity contribution in [2.24, 2.45) is 0 Å². The Balaban J connectivity index is 0.00000128. The van der Waals surface area contributed by atoms with E-state index >= 15 is 0 Å². The van der Waals surface area contributed by atoms with Crippen molar-refractivity contribution in [3.63, 3.8) is 0 Å². The van der Waals surface area contributed by atoms with Crippen LogP contribution < -0.4 is 24.8 Å². The Hall–Kier alpha value is -1.53. The van der Waals surface area contributed by atoms with Crippen LogP contribution in [0.25, 0.3) is 11.1 Å². The van der Waals surface area contributed by atoms with E-state index in [4.69, 9.17) is 0 Å². The molecule has 5 rings (SSSR count). The van der Waals surface area contributed by atoms with Gasteiger partial charge in [-0.3, -0.25) is 0 Å². The quantitative estimate of drug-likeness (QED) is 0.492. The van der Waals surface area contributed by atoms with Gasteiger partial charge in [0.1, 0.15) is 0 Å². The molecule has 2 aliphatic carbocycles. The van der Waals surface area contributed by atoms with Crippen molar-refractivity contribution in [3.05, 3.63) is 119 Å². The first-order valence-corrected chi connectivity index (χ1v) is 14.1. The number of fused-ring (bicyclic) bond motifs is 3. The first-order chi connectivity index (χ1) is 13.7. The van der Waals surface area contributed by atoms with Crippen LogP contribution in [0.3, 0.4) is 0 Å². The van der Waals surface area contributed by atoms with Gasteiger partial charge in [-0.1, -0.05) is 0 Å². The minimum absolute atomic E-state index is 0. The van der Waals surface area contributed by atoms with Crippen molar-refractivity contribution in [3.8, 4) is 11.1 Å². The summed E-state index contributed by atoms with van der Waals surface area (Å²) in [6, 6.07) is 29.1. The van der Waals surface area contributed by atoms with Crippen molar-refractivity contribution >= 4 is 3.71 Å². The summed E-state index contributed by atoms with van der Waals surface area (Å²) in [6.45, 7) is 4.71. The number of rotatable bonds is 3. The van der Waals surface area contributed by atoms with E-state index < -0.39 is 21.3 Å². The van der Waals surface area contributed by atoms with Crippen molar-refractivity contribution in [1.29, 1.82) is 0 Å². The molecule has 150 valence electrons. The normalized spacial score (nSPS) is 18.8. The Morgan fingerprint density at radius 3 is 1.83 bits per heavy atom. The third-order valence-electron chi connectivity index (χ3n) is 6.11. The van der Waals surface area contributed by atoms with Crippen LogP contribution in [0.5, 0.6) is 0 Å². The summed E-state index contributed by atoms with van der Waals surface area (Å²) in [5.41, 5.74) is 8.74. The first-order valence-electron chi connectivity index (χ1n) is 10.00. The zero-order valence-electron chi connectivity index (χ0n) is 17.1. The smallest absolute Gasteiger partial charge is 1.00 e. The average molecular weight is 511 g/mol. The van der Waals surface area contributed by atoms with Gasteiger partial charge >= 0.3 is 176 Å². The second-order valence-corrected chi connectivity index (χ2v) is 15.1. The zero-order chi connectivity index (χ0) is 19.1. The zero-order valence-corrected chi connectivity index (χ0v) is 21.1. The molecule has 0 heterocycles. The summed E-state index contributed by atoms with van der Waals surface area (Å²) in [7, 11) is 0. The number of hydrogen-bond acceptors (Lipinski definition) is 0. The third kappa shape index (κ3) is 4.01. The summed E-state index contributed by atoms with van der Waals surface area (Å²) in [4.78, 5) is 0. The van der Waals surface area contributed by atoms with Gasteiger partial charge in [0.05, 0.1) is 0 Å².